The van der Waals surface area contributed by atoms with Crippen molar-refractivity contribution >= 4 is 23.4 Å². The summed E-state index contributed by atoms with van der Waals surface area (Å²) in [4.78, 5) is 46.2. The fourth-order valence-electron chi connectivity index (χ4n) is 7.71. The second kappa shape index (κ2) is 12.7. The molecule has 3 amide bonds. The predicted octanol–water partition coefficient (Wildman–Crippen LogP) is 4.00. The number of benzene rings is 2. The fraction of sp³-hybridized carbons (Fsp3) is 0.514. The highest BCUT2D eigenvalue weighted by molar-refractivity contribution is 6.02. The van der Waals surface area contributed by atoms with Crippen LogP contribution in [0.2, 0.25) is 0 Å². The molecular formula is C35H44N4O5. The number of carbonyl (C=O) groups is 3. The number of hydrogen-bond acceptors (Lipinski definition) is 6. The summed E-state index contributed by atoms with van der Waals surface area (Å²) in [5.41, 5.74) is 0.634. The largest absolute Gasteiger partial charge is 0.497 e. The zero-order valence-corrected chi connectivity index (χ0v) is 25.9. The van der Waals surface area contributed by atoms with E-state index in [4.69, 9.17) is 9.47 Å². The number of nitrogens with zero attached hydrogens (tertiary/aromatic N) is 2. The third kappa shape index (κ3) is 5.75. The number of methoxy groups -OCH3 is 1. The molecule has 3 fully saturated rings. The molecule has 6 rings (SSSR count). The van der Waals surface area contributed by atoms with Gasteiger partial charge in [0.25, 0.3) is 0 Å². The highest BCUT2D eigenvalue weighted by atomic mass is 16.5. The number of likely N-dealkylation sites (tertiary alicyclic amines) is 1. The van der Waals surface area contributed by atoms with Gasteiger partial charge < -0.3 is 29.9 Å². The van der Waals surface area contributed by atoms with Gasteiger partial charge in [-0.15, -0.1) is 0 Å². The first kappa shape index (κ1) is 30.3. The molecule has 7 atom stereocenters. The lowest BCUT2D eigenvalue weighted by molar-refractivity contribution is -0.141. The first-order valence-corrected chi connectivity index (χ1v) is 16.0. The van der Waals surface area contributed by atoms with Crippen LogP contribution >= 0.6 is 0 Å². The van der Waals surface area contributed by atoms with E-state index in [9.17, 15) is 14.4 Å². The van der Waals surface area contributed by atoms with Crippen molar-refractivity contribution in [3.63, 3.8) is 0 Å². The van der Waals surface area contributed by atoms with Crippen LogP contribution in [-0.4, -0.2) is 78.6 Å². The van der Waals surface area contributed by atoms with Gasteiger partial charge in [-0.25, -0.2) is 0 Å². The van der Waals surface area contributed by atoms with Crippen LogP contribution in [0, 0.1) is 17.8 Å². The Morgan fingerprint density at radius 1 is 1.09 bits per heavy atom. The number of anilines is 1. The van der Waals surface area contributed by atoms with Gasteiger partial charge in [-0.3, -0.25) is 14.4 Å². The van der Waals surface area contributed by atoms with Crippen LogP contribution in [0.3, 0.4) is 0 Å². The Labute approximate surface area is 260 Å². The average Bonchev–Trinajstić information content (AvgIpc) is 3.66. The SMILES string of the molecule is COc1cccc(NC(=O)[C@H]2[C@H]3C=C[C@@]4(O3)[C@H]2C(=O)N(CCCN(C)Cc2ccccc2)[C@@H]4C(=O)N[C@@H]2CCCC[C@@H]2C)c1. The second-order valence-corrected chi connectivity index (χ2v) is 12.9. The van der Waals surface area contributed by atoms with Crippen molar-refractivity contribution in [1.29, 1.82) is 0 Å². The van der Waals surface area contributed by atoms with Crippen molar-refractivity contribution in [2.24, 2.45) is 17.8 Å². The summed E-state index contributed by atoms with van der Waals surface area (Å²) >= 11 is 0. The molecule has 0 aromatic heterocycles. The molecule has 3 heterocycles. The van der Waals surface area contributed by atoms with Crippen molar-refractivity contribution in [2.45, 2.75) is 69.4 Å². The number of fused-ring (bicyclic) bond motifs is 1. The van der Waals surface area contributed by atoms with Crippen molar-refractivity contribution in [1.82, 2.24) is 15.1 Å². The van der Waals surface area contributed by atoms with Gasteiger partial charge in [-0.1, -0.05) is 68.3 Å². The number of rotatable bonds is 11. The molecule has 9 heteroatoms. The van der Waals surface area contributed by atoms with E-state index in [0.717, 1.165) is 32.4 Å². The van der Waals surface area contributed by atoms with Gasteiger partial charge in [-0.2, -0.15) is 0 Å². The third-order valence-electron chi connectivity index (χ3n) is 9.94. The van der Waals surface area contributed by atoms with Crippen LogP contribution in [-0.2, 0) is 25.7 Å². The minimum atomic E-state index is -1.17. The summed E-state index contributed by atoms with van der Waals surface area (Å²) < 4.78 is 11.8. The van der Waals surface area contributed by atoms with Gasteiger partial charge in [-0.05, 0) is 56.5 Å². The molecule has 0 unspecified atom stereocenters. The van der Waals surface area contributed by atoms with Crippen molar-refractivity contribution in [3.05, 3.63) is 72.3 Å². The lowest BCUT2D eigenvalue weighted by Crippen LogP contribution is -2.57. The molecule has 2 N–H and O–H groups in total. The quantitative estimate of drug-likeness (QED) is 0.379. The number of carbonyl (C=O) groups excluding carboxylic acids is 3. The summed E-state index contributed by atoms with van der Waals surface area (Å²) in [5.74, 6) is -1.19. The summed E-state index contributed by atoms with van der Waals surface area (Å²) in [7, 11) is 3.64. The minimum absolute atomic E-state index is 0.0652. The van der Waals surface area contributed by atoms with Gasteiger partial charge in [0.2, 0.25) is 17.7 Å². The van der Waals surface area contributed by atoms with E-state index in [0.29, 0.717) is 30.3 Å². The zero-order chi connectivity index (χ0) is 30.8. The van der Waals surface area contributed by atoms with Gasteiger partial charge in [0.15, 0.2) is 0 Å². The van der Waals surface area contributed by atoms with Crippen molar-refractivity contribution in [2.75, 3.05) is 32.6 Å². The fourth-order valence-corrected chi connectivity index (χ4v) is 7.71. The first-order chi connectivity index (χ1) is 21.3. The molecule has 234 valence electrons. The number of amides is 3. The molecule has 44 heavy (non-hydrogen) atoms. The minimum Gasteiger partial charge on any atom is -0.497 e. The smallest absolute Gasteiger partial charge is 0.246 e. The molecule has 2 bridgehead atoms. The lowest BCUT2D eigenvalue weighted by Gasteiger charge is -2.36. The number of nitrogens with one attached hydrogen (secondary N) is 2. The molecule has 1 saturated carbocycles. The van der Waals surface area contributed by atoms with Gasteiger partial charge >= 0.3 is 0 Å². The lowest BCUT2D eigenvalue weighted by atomic mass is 9.74. The van der Waals surface area contributed by atoms with E-state index in [1.54, 1.807) is 36.3 Å². The van der Waals surface area contributed by atoms with E-state index in [-0.39, 0.29) is 23.8 Å². The molecule has 2 aromatic rings. The maximum Gasteiger partial charge on any atom is 0.246 e. The molecule has 9 nitrogen and oxygen atoms in total. The Hall–Kier alpha value is -3.69. The molecule has 2 aromatic carbocycles. The van der Waals surface area contributed by atoms with E-state index in [2.05, 4.69) is 41.6 Å². The summed E-state index contributed by atoms with van der Waals surface area (Å²) in [6.07, 6.45) is 8.11. The molecule has 1 spiro atoms. The Morgan fingerprint density at radius 2 is 1.89 bits per heavy atom. The molecule has 4 aliphatic rings. The van der Waals surface area contributed by atoms with Crippen molar-refractivity contribution < 1.29 is 23.9 Å². The maximum absolute atomic E-state index is 14.3. The highest BCUT2D eigenvalue weighted by Crippen LogP contribution is 2.55. The topological polar surface area (TPSA) is 100 Å². The Kier molecular flexibility index (Phi) is 8.78. The zero-order valence-electron chi connectivity index (χ0n) is 25.9. The Morgan fingerprint density at radius 3 is 2.66 bits per heavy atom. The monoisotopic (exact) mass is 600 g/mol. The van der Waals surface area contributed by atoms with E-state index >= 15 is 0 Å². The van der Waals surface area contributed by atoms with Gasteiger partial charge in [0.1, 0.15) is 17.4 Å². The third-order valence-corrected chi connectivity index (χ3v) is 9.94. The summed E-state index contributed by atoms with van der Waals surface area (Å²) in [6, 6.07) is 16.6. The first-order valence-electron chi connectivity index (χ1n) is 16.0. The van der Waals surface area contributed by atoms with E-state index < -0.39 is 29.6 Å². The predicted molar refractivity (Wildman–Crippen MR) is 168 cm³/mol. The summed E-state index contributed by atoms with van der Waals surface area (Å²) in [5, 5.41) is 6.28. The summed E-state index contributed by atoms with van der Waals surface area (Å²) in [6.45, 7) is 4.14. The molecule has 3 aliphatic heterocycles. The van der Waals surface area contributed by atoms with Crippen LogP contribution in [0.4, 0.5) is 5.69 Å². The number of hydrogen-bond donors (Lipinski definition) is 2. The van der Waals surface area contributed by atoms with Crippen molar-refractivity contribution in [3.8, 4) is 5.75 Å². The molecule has 0 radical (unpaired) electrons. The van der Waals surface area contributed by atoms with Crippen LogP contribution < -0.4 is 15.4 Å². The molecule has 1 aliphatic carbocycles. The normalized spacial score (nSPS) is 30.5. The molecule has 2 saturated heterocycles. The van der Waals surface area contributed by atoms with Crippen LogP contribution in [0.5, 0.6) is 5.75 Å². The average molecular weight is 601 g/mol. The standard InChI is InChI=1S/C35H44N4O5/c1-23-11-7-8-16-27(23)37-33(41)31-35-18-17-28(44-35)29(32(40)36-25-14-9-15-26(21-25)43-3)30(35)34(42)39(31)20-10-19-38(2)22-24-12-5-4-6-13-24/h4-6,9,12-15,17-18,21,23,27-31H,7-8,10-11,16,19-20,22H2,1-3H3,(H,36,40)(H,37,41)/t23-,27+,28+,29-,30+,31+,35+/m0/s1. The Bertz CT molecular complexity index is 1400. The van der Waals surface area contributed by atoms with E-state index in [1.807, 2.05) is 30.4 Å². The maximum atomic E-state index is 14.3. The van der Waals surface area contributed by atoms with Gasteiger partial charge in [0.05, 0.1) is 25.0 Å². The highest BCUT2D eigenvalue weighted by Gasteiger charge is 2.72. The number of ether oxygens (including phenoxy) is 2. The second-order valence-electron chi connectivity index (χ2n) is 12.9. The van der Waals surface area contributed by atoms with Crippen LogP contribution in [0.1, 0.15) is 44.6 Å². The Balaban J connectivity index is 1.22. The van der Waals surface area contributed by atoms with Crippen LogP contribution in [0.15, 0.2) is 66.7 Å². The van der Waals surface area contributed by atoms with E-state index in [1.165, 1.54) is 12.0 Å². The molecular weight excluding hydrogens is 556 g/mol. The van der Waals surface area contributed by atoms with Gasteiger partial charge in [0, 0.05) is 30.9 Å². The van der Waals surface area contributed by atoms with Crippen LogP contribution in [0.25, 0.3) is 0 Å².